The molecule has 0 spiro atoms. The van der Waals surface area contributed by atoms with Crippen molar-refractivity contribution < 1.29 is 5.11 Å². The van der Waals surface area contributed by atoms with Gasteiger partial charge in [0.2, 0.25) is 0 Å². The van der Waals surface area contributed by atoms with Gasteiger partial charge in [0.1, 0.15) is 17.0 Å². The van der Waals surface area contributed by atoms with Crippen molar-refractivity contribution in [3.05, 3.63) is 16.8 Å². The highest BCUT2D eigenvalue weighted by atomic mass is 32.1. The van der Waals surface area contributed by atoms with Crippen molar-refractivity contribution in [3.63, 3.8) is 0 Å². The van der Waals surface area contributed by atoms with Gasteiger partial charge in [-0.05, 0) is 63.4 Å². The molecule has 1 fully saturated rings. The summed E-state index contributed by atoms with van der Waals surface area (Å²) >= 11 is 1.80. The first-order valence-corrected chi connectivity index (χ1v) is 9.90. The summed E-state index contributed by atoms with van der Waals surface area (Å²) in [5.74, 6) is 1.41. The number of aliphatic hydroxyl groups is 1. The van der Waals surface area contributed by atoms with Crippen LogP contribution in [0.15, 0.2) is 6.33 Å². The molecule has 0 aliphatic heterocycles. The monoisotopic (exact) mass is 346 g/mol. The molecule has 0 bridgehead atoms. The Morgan fingerprint density at radius 1 is 1.29 bits per heavy atom. The average molecular weight is 347 g/mol. The number of aromatic nitrogens is 2. The molecule has 0 saturated heterocycles. The molecular formula is C18H26N4OS. The minimum atomic E-state index is -0.267. The lowest BCUT2D eigenvalue weighted by Crippen LogP contribution is -2.33. The van der Waals surface area contributed by atoms with Crippen molar-refractivity contribution in [2.75, 3.05) is 5.32 Å². The van der Waals surface area contributed by atoms with E-state index < -0.39 is 0 Å². The number of rotatable bonds is 4. The molecule has 6 heteroatoms. The van der Waals surface area contributed by atoms with E-state index in [1.807, 2.05) is 6.92 Å². The van der Waals surface area contributed by atoms with Gasteiger partial charge in [-0.15, -0.1) is 11.3 Å². The summed E-state index contributed by atoms with van der Waals surface area (Å²) in [7, 11) is 0. The maximum absolute atomic E-state index is 9.85. The van der Waals surface area contributed by atoms with Crippen LogP contribution in [-0.4, -0.2) is 33.3 Å². The normalized spacial score (nSPS) is 28.0. The zero-order valence-electron chi connectivity index (χ0n) is 14.2. The number of hydrogen-bond acceptors (Lipinski definition) is 6. The van der Waals surface area contributed by atoms with Gasteiger partial charge in [0, 0.05) is 17.0 Å². The van der Waals surface area contributed by atoms with Crippen molar-refractivity contribution in [1.29, 1.82) is 0 Å². The fourth-order valence-electron chi connectivity index (χ4n) is 4.28. The smallest absolute Gasteiger partial charge is 0.138 e. The first-order valence-electron chi connectivity index (χ1n) is 9.08. The number of hydrogen-bond donors (Lipinski definition) is 3. The predicted molar refractivity (Wildman–Crippen MR) is 98.6 cm³/mol. The van der Waals surface area contributed by atoms with Gasteiger partial charge in [0.05, 0.1) is 11.5 Å². The zero-order valence-corrected chi connectivity index (χ0v) is 15.0. The predicted octanol–water partition coefficient (Wildman–Crippen LogP) is 3.17. The van der Waals surface area contributed by atoms with Crippen LogP contribution in [0.5, 0.6) is 0 Å². The number of aryl methyl sites for hydroxylation is 1. The van der Waals surface area contributed by atoms with Gasteiger partial charge in [-0.2, -0.15) is 0 Å². The van der Waals surface area contributed by atoms with Crippen LogP contribution in [0.1, 0.15) is 61.8 Å². The van der Waals surface area contributed by atoms with E-state index in [9.17, 15) is 5.11 Å². The molecule has 24 heavy (non-hydrogen) atoms. The summed E-state index contributed by atoms with van der Waals surface area (Å²) in [5, 5.41) is 14.7. The quantitative estimate of drug-likeness (QED) is 0.792. The Balaban J connectivity index is 1.66. The Morgan fingerprint density at radius 2 is 2.08 bits per heavy atom. The van der Waals surface area contributed by atoms with Gasteiger partial charge in [-0.1, -0.05) is 0 Å². The van der Waals surface area contributed by atoms with Gasteiger partial charge in [0.25, 0.3) is 0 Å². The molecule has 0 aromatic carbocycles. The molecule has 2 aromatic heterocycles. The van der Waals surface area contributed by atoms with Crippen LogP contribution in [0.3, 0.4) is 0 Å². The Bertz CT molecular complexity index is 721. The van der Waals surface area contributed by atoms with E-state index in [4.69, 9.17) is 5.73 Å². The summed E-state index contributed by atoms with van der Waals surface area (Å²) in [6.45, 7) is 1.88. The number of nitrogens with zero attached hydrogens (tertiary/aromatic N) is 2. The van der Waals surface area contributed by atoms with Crippen LogP contribution in [0, 0.1) is 0 Å². The van der Waals surface area contributed by atoms with Gasteiger partial charge >= 0.3 is 0 Å². The molecule has 2 atom stereocenters. The minimum Gasteiger partial charge on any atom is -0.393 e. The fraction of sp³-hybridized carbons (Fsp3) is 0.667. The van der Waals surface area contributed by atoms with E-state index in [0.717, 1.165) is 55.6 Å². The van der Waals surface area contributed by atoms with Gasteiger partial charge < -0.3 is 16.2 Å². The van der Waals surface area contributed by atoms with Gasteiger partial charge in [0.15, 0.2) is 0 Å². The molecule has 0 radical (unpaired) electrons. The molecule has 2 aliphatic rings. The van der Waals surface area contributed by atoms with Crippen molar-refractivity contribution in [1.82, 2.24) is 9.97 Å². The first-order chi connectivity index (χ1) is 11.6. The molecular weight excluding hydrogens is 320 g/mol. The van der Waals surface area contributed by atoms with Crippen molar-refractivity contribution in [3.8, 4) is 0 Å². The van der Waals surface area contributed by atoms with Crippen LogP contribution < -0.4 is 11.1 Å². The highest BCUT2D eigenvalue weighted by molar-refractivity contribution is 7.19. The fourth-order valence-corrected chi connectivity index (χ4v) is 5.52. The number of thiophene rings is 1. The van der Waals surface area contributed by atoms with Crippen LogP contribution >= 0.6 is 11.3 Å². The lowest BCUT2D eigenvalue weighted by Gasteiger charge is -2.27. The summed E-state index contributed by atoms with van der Waals surface area (Å²) < 4.78 is 0. The Hall–Kier alpha value is -1.24. The van der Waals surface area contributed by atoms with E-state index >= 15 is 0 Å². The lowest BCUT2D eigenvalue weighted by molar-refractivity contribution is 0.174. The SMILES string of the molecule is C[C@@H](O)C[C@H]1CCc2sc3ncnc(N[C@H]4CC[C@H](N)CC4)c3c21. The molecule has 1 saturated carbocycles. The first kappa shape index (κ1) is 16.2. The molecule has 2 heterocycles. The Kier molecular flexibility index (Phi) is 4.45. The second-order valence-electron chi connectivity index (χ2n) is 7.42. The number of nitrogens with two attached hydrogens (primary N) is 1. The molecule has 0 unspecified atom stereocenters. The maximum atomic E-state index is 9.85. The van der Waals surface area contributed by atoms with Crippen molar-refractivity contribution in [2.45, 2.75) is 76.0 Å². The van der Waals surface area contributed by atoms with Crippen LogP contribution in [0.25, 0.3) is 10.2 Å². The third-order valence-electron chi connectivity index (χ3n) is 5.47. The number of anilines is 1. The summed E-state index contributed by atoms with van der Waals surface area (Å²) in [4.78, 5) is 11.6. The van der Waals surface area contributed by atoms with E-state index in [2.05, 4.69) is 15.3 Å². The average Bonchev–Trinajstić information content (AvgIpc) is 3.09. The second kappa shape index (κ2) is 6.58. The maximum Gasteiger partial charge on any atom is 0.138 e. The van der Waals surface area contributed by atoms with E-state index in [1.165, 1.54) is 15.8 Å². The summed E-state index contributed by atoms with van der Waals surface area (Å²) in [5.41, 5.74) is 7.42. The highest BCUT2D eigenvalue weighted by Crippen LogP contribution is 2.47. The van der Waals surface area contributed by atoms with Crippen molar-refractivity contribution in [2.24, 2.45) is 5.73 Å². The molecule has 0 amide bonds. The zero-order chi connectivity index (χ0) is 16.7. The number of aliphatic hydroxyl groups excluding tert-OH is 1. The standard InChI is InChI=1S/C18H26N4OS/c1-10(23)8-11-2-7-14-15(11)16-17(20-9-21-18(16)24-14)22-13-5-3-12(19)4-6-13/h9-13,23H,2-8,19H2,1H3,(H,20,21,22)/t10-,11-,12-,13-/m1/s1. The minimum absolute atomic E-state index is 0.267. The molecule has 4 rings (SSSR count). The Morgan fingerprint density at radius 3 is 2.83 bits per heavy atom. The topological polar surface area (TPSA) is 84.1 Å². The van der Waals surface area contributed by atoms with E-state index in [-0.39, 0.29) is 6.10 Å². The highest BCUT2D eigenvalue weighted by Gasteiger charge is 2.31. The molecule has 2 aromatic rings. The largest absolute Gasteiger partial charge is 0.393 e. The lowest BCUT2D eigenvalue weighted by atomic mass is 9.91. The molecule has 5 nitrogen and oxygen atoms in total. The van der Waals surface area contributed by atoms with Gasteiger partial charge in [-0.25, -0.2) is 9.97 Å². The van der Waals surface area contributed by atoms with Crippen LogP contribution in [-0.2, 0) is 6.42 Å². The summed E-state index contributed by atoms with van der Waals surface area (Å²) in [6.07, 6.45) is 8.85. The second-order valence-corrected chi connectivity index (χ2v) is 8.50. The van der Waals surface area contributed by atoms with E-state index in [1.54, 1.807) is 17.7 Å². The molecule has 130 valence electrons. The van der Waals surface area contributed by atoms with Gasteiger partial charge in [-0.3, -0.25) is 0 Å². The van der Waals surface area contributed by atoms with Crippen LogP contribution in [0.2, 0.25) is 0 Å². The van der Waals surface area contributed by atoms with Crippen LogP contribution in [0.4, 0.5) is 5.82 Å². The molecule has 4 N–H and O–H groups in total. The molecule has 2 aliphatic carbocycles. The number of fused-ring (bicyclic) bond motifs is 3. The third kappa shape index (κ3) is 3.03. The summed E-state index contributed by atoms with van der Waals surface area (Å²) in [6, 6.07) is 0.810. The third-order valence-corrected chi connectivity index (χ3v) is 6.64. The van der Waals surface area contributed by atoms with E-state index in [0.29, 0.717) is 18.0 Å². The van der Waals surface area contributed by atoms with Crippen molar-refractivity contribution >= 4 is 27.4 Å². The Labute approximate surface area is 146 Å². The number of nitrogens with one attached hydrogen (secondary N) is 1.